The Bertz CT molecular complexity index is 3190. The van der Waals surface area contributed by atoms with Gasteiger partial charge in [-0.2, -0.15) is 5.10 Å². The number of likely N-dealkylation sites (tertiary alicyclic amines) is 1. The number of amides is 3. The molecule has 10 rings (SSSR count). The highest BCUT2D eigenvalue weighted by molar-refractivity contribution is 7.15. The highest BCUT2D eigenvalue weighted by Gasteiger charge is 2.43. The van der Waals surface area contributed by atoms with Crippen LogP contribution in [-0.4, -0.2) is 103 Å². The van der Waals surface area contributed by atoms with Crippen LogP contribution in [0.5, 0.6) is 5.88 Å². The molecule has 1 aliphatic carbocycles. The number of fused-ring (bicyclic) bond motifs is 3. The molecular weight excluding hydrogens is 952 g/mol. The SMILES string of the molecule is Cc1sc2c(c1C)C(c1ccc(Cl)cc1)=N[C@@H](CC(=O)N[C@H]1C[C@@H](Oc3cc(-c4cnn([C@@H](C(=O)N5C[C@H](O)C[C@H]5C(=O)N[C@@H](C)c5ccc(-c6nccn6C)cc5)C(C)C)c4)ccn3)C1)c1nnc(C)n1-2. The zero-order valence-electron chi connectivity index (χ0n) is 41.2. The molecule has 0 bridgehead atoms. The predicted octanol–water partition coefficient (Wildman–Crippen LogP) is 7.61. The van der Waals surface area contributed by atoms with E-state index in [1.165, 1.54) is 9.78 Å². The third kappa shape index (κ3) is 9.57. The molecule has 372 valence electrons. The van der Waals surface area contributed by atoms with E-state index in [0.29, 0.717) is 29.6 Å². The van der Waals surface area contributed by atoms with Gasteiger partial charge in [-0.3, -0.25) is 28.6 Å². The fraction of sp³-hybridized carbons (Fsp3) is 0.377. The normalized spacial score (nSPS) is 20.2. The molecule has 19 heteroatoms. The number of thiophene rings is 1. The molecule has 3 aliphatic rings. The Balaban J connectivity index is 0.762. The van der Waals surface area contributed by atoms with Crippen molar-refractivity contribution in [3.8, 4) is 33.4 Å². The van der Waals surface area contributed by atoms with Crippen molar-refractivity contribution in [3.05, 3.63) is 135 Å². The van der Waals surface area contributed by atoms with Crippen LogP contribution in [0.1, 0.15) is 103 Å². The largest absolute Gasteiger partial charge is 0.474 e. The molecule has 3 amide bonds. The Kier molecular flexibility index (Phi) is 13.4. The number of β-amino-alcohol motifs (C(OH)–C–C–N with tert-alkyl or cyclic N) is 1. The van der Waals surface area contributed by atoms with Crippen molar-refractivity contribution < 1.29 is 24.2 Å². The highest BCUT2D eigenvalue weighted by atomic mass is 35.5. The number of aliphatic imine (C=N–C) groups is 1. The van der Waals surface area contributed by atoms with Gasteiger partial charge < -0.3 is 29.9 Å². The Morgan fingerprint density at radius 2 is 1.67 bits per heavy atom. The molecule has 5 atom stereocenters. The minimum Gasteiger partial charge on any atom is -0.474 e. The first-order chi connectivity index (χ1) is 34.6. The summed E-state index contributed by atoms with van der Waals surface area (Å²) in [7, 11) is 1.94. The maximum atomic E-state index is 14.4. The summed E-state index contributed by atoms with van der Waals surface area (Å²) in [6.07, 6.45) is 9.24. The summed E-state index contributed by atoms with van der Waals surface area (Å²) >= 11 is 7.95. The van der Waals surface area contributed by atoms with Crippen LogP contribution in [0.2, 0.25) is 5.02 Å². The molecule has 0 spiro atoms. The zero-order valence-corrected chi connectivity index (χ0v) is 42.7. The molecule has 72 heavy (non-hydrogen) atoms. The second-order valence-electron chi connectivity index (χ2n) is 19.5. The molecule has 0 unspecified atom stereocenters. The van der Waals surface area contributed by atoms with Gasteiger partial charge in [-0.25, -0.2) is 9.97 Å². The number of ether oxygens (including phenoxy) is 1. The van der Waals surface area contributed by atoms with Crippen LogP contribution in [0, 0.1) is 26.7 Å². The number of hydrogen-bond donors (Lipinski definition) is 3. The van der Waals surface area contributed by atoms with Crippen molar-refractivity contribution in [1.82, 2.24) is 54.6 Å². The van der Waals surface area contributed by atoms with Crippen molar-refractivity contribution in [1.29, 1.82) is 0 Å². The zero-order chi connectivity index (χ0) is 50.5. The van der Waals surface area contributed by atoms with E-state index in [4.69, 9.17) is 21.3 Å². The smallest absolute Gasteiger partial charge is 0.248 e. The number of benzene rings is 2. The summed E-state index contributed by atoms with van der Waals surface area (Å²) in [6.45, 7) is 11.9. The molecule has 2 fully saturated rings. The number of aliphatic hydroxyl groups is 1. The first-order valence-corrected chi connectivity index (χ1v) is 25.5. The molecule has 3 N–H and O–H groups in total. The van der Waals surface area contributed by atoms with Gasteiger partial charge in [-0.15, -0.1) is 21.5 Å². The monoisotopic (exact) mass is 1010 g/mol. The van der Waals surface area contributed by atoms with Gasteiger partial charge in [0.1, 0.15) is 40.9 Å². The van der Waals surface area contributed by atoms with Crippen molar-refractivity contribution in [2.45, 2.75) is 110 Å². The van der Waals surface area contributed by atoms with Crippen LogP contribution >= 0.6 is 22.9 Å². The lowest BCUT2D eigenvalue weighted by Crippen LogP contribution is -2.49. The number of aliphatic hydroxyl groups excluding tert-OH is 1. The number of nitrogens with zero attached hydrogens (tertiary/aromatic N) is 10. The van der Waals surface area contributed by atoms with E-state index >= 15 is 0 Å². The van der Waals surface area contributed by atoms with Gasteiger partial charge in [0.25, 0.3) is 0 Å². The molecule has 0 radical (unpaired) electrons. The Hall–Kier alpha value is -7.02. The van der Waals surface area contributed by atoms with Gasteiger partial charge in [-0.05, 0) is 68.5 Å². The number of carbonyl (C=O) groups excluding carboxylic acids is 3. The number of aromatic nitrogens is 8. The van der Waals surface area contributed by atoms with Gasteiger partial charge in [-0.1, -0.05) is 61.8 Å². The van der Waals surface area contributed by atoms with Gasteiger partial charge in [0, 0.05) is 102 Å². The molecule has 1 saturated heterocycles. The molecule has 2 aliphatic heterocycles. The number of imidazole rings is 1. The van der Waals surface area contributed by atoms with Gasteiger partial charge in [0.2, 0.25) is 23.6 Å². The highest BCUT2D eigenvalue weighted by Crippen LogP contribution is 2.40. The van der Waals surface area contributed by atoms with Gasteiger partial charge in [0.05, 0.1) is 30.5 Å². The van der Waals surface area contributed by atoms with Crippen LogP contribution < -0.4 is 15.4 Å². The Morgan fingerprint density at radius 3 is 2.39 bits per heavy atom. The maximum Gasteiger partial charge on any atom is 0.248 e. The fourth-order valence-corrected chi connectivity index (χ4v) is 11.3. The van der Waals surface area contributed by atoms with E-state index < -0.39 is 24.2 Å². The number of halogens is 1. The van der Waals surface area contributed by atoms with E-state index in [1.807, 2.05) is 117 Å². The Morgan fingerprint density at radius 1 is 0.917 bits per heavy atom. The number of rotatable bonds is 14. The molecule has 7 aromatic rings. The molecule has 1 saturated carbocycles. The molecular formula is C53H57ClN12O5S. The first-order valence-electron chi connectivity index (χ1n) is 24.3. The van der Waals surface area contributed by atoms with E-state index in [2.05, 4.69) is 49.7 Å². The summed E-state index contributed by atoms with van der Waals surface area (Å²) < 4.78 is 11.9. The lowest BCUT2D eigenvalue weighted by molar-refractivity contribution is -0.142. The molecule has 5 aromatic heterocycles. The second-order valence-corrected chi connectivity index (χ2v) is 21.1. The molecule has 17 nitrogen and oxygen atoms in total. The molecule has 7 heterocycles. The van der Waals surface area contributed by atoms with Crippen molar-refractivity contribution >= 4 is 46.4 Å². The van der Waals surface area contributed by atoms with Gasteiger partial charge in [0.15, 0.2) is 5.82 Å². The van der Waals surface area contributed by atoms with Crippen molar-refractivity contribution in [2.75, 3.05) is 6.54 Å². The lowest BCUT2D eigenvalue weighted by Gasteiger charge is -2.35. The number of carbonyl (C=O) groups is 3. The van der Waals surface area contributed by atoms with E-state index in [9.17, 15) is 19.5 Å². The Labute approximate surface area is 426 Å². The topological polar surface area (TPSA) is 200 Å². The third-order valence-corrected chi connectivity index (χ3v) is 15.5. The minimum atomic E-state index is -0.849. The average molecular weight is 1010 g/mol. The molecule has 2 aromatic carbocycles. The summed E-state index contributed by atoms with van der Waals surface area (Å²) in [5.41, 5.74) is 7.25. The summed E-state index contributed by atoms with van der Waals surface area (Å²) in [5, 5.41) is 32.3. The number of nitrogens with one attached hydrogen (secondary N) is 2. The lowest BCUT2D eigenvalue weighted by atomic mass is 9.89. The van der Waals surface area contributed by atoms with Crippen LogP contribution in [0.3, 0.4) is 0 Å². The predicted molar refractivity (Wildman–Crippen MR) is 274 cm³/mol. The second kappa shape index (κ2) is 19.9. The first kappa shape index (κ1) is 48.6. The summed E-state index contributed by atoms with van der Waals surface area (Å²) in [6, 6.07) is 16.6. The quantitative estimate of drug-likeness (QED) is 0.0975. The summed E-state index contributed by atoms with van der Waals surface area (Å²) in [4.78, 5) is 58.8. The van der Waals surface area contributed by atoms with Crippen LogP contribution in [-0.2, 0) is 21.4 Å². The standard InChI is InChI=1S/C53H57ClN12O5S/c1-28(2)48(52(70)64-27-40(67)23-43(64)51(69)58-30(4)33-8-10-35(11-9-33)49-56-18-19-63(49)7)65-26-37(25-57-65)36-16-17-55-45(20-36)71-41-21-39(22-41)59-44(68)24-42-50-62-61-32(6)66(50)53-46(29(3)31(5)72-53)47(60-42)34-12-14-38(54)15-13-34/h8-20,25-26,28,30,39-43,48,67H,21-24,27H2,1-7H3,(H,58,69)(H,59,68)/t30-,39-,40+,41+,42-,43-,48+/m0/s1. The van der Waals surface area contributed by atoms with Gasteiger partial charge >= 0.3 is 0 Å². The number of pyridine rings is 1. The maximum absolute atomic E-state index is 14.4. The third-order valence-electron chi connectivity index (χ3n) is 14.0. The van der Waals surface area contributed by atoms with E-state index in [1.54, 1.807) is 34.6 Å². The number of hydrogen-bond acceptors (Lipinski definition) is 12. The van der Waals surface area contributed by atoms with E-state index in [0.717, 1.165) is 61.3 Å². The van der Waals surface area contributed by atoms with Crippen molar-refractivity contribution in [3.63, 3.8) is 0 Å². The minimum absolute atomic E-state index is 0.0402. The van der Waals surface area contributed by atoms with Crippen LogP contribution in [0.4, 0.5) is 0 Å². The summed E-state index contributed by atoms with van der Waals surface area (Å²) in [5.74, 6) is 1.67. The number of aryl methyl sites for hydroxylation is 3. The van der Waals surface area contributed by atoms with Crippen LogP contribution in [0.15, 0.2) is 96.6 Å². The van der Waals surface area contributed by atoms with E-state index in [-0.39, 0.29) is 61.2 Å². The average Bonchev–Trinajstić information content (AvgIpc) is 4.19. The fourth-order valence-electron chi connectivity index (χ4n) is 9.98. The van der Waals surface area contributed by atoms with Crippen LogP contribution in [0.25, 0.3) is 27.5 Å². The van der Waals surface area contributed by atoms with Crippen molar-refractivity contribution in [2.24, 2.45) is 18.0 Å².